The van der Waals surface area contributed by atoms with E-state index >= 15 is 0 Å². The number of hydrogen-bond donors (Lipinski definition) is 3. The third kappa shape index (κ3) is 2.62. The first-order valence-corrected chi connectivity index (χ1v) is 5.64. The summed E-state index contributed by atoms with van der Waals surface area (Å²) in [4.78, 5) is 22.7. The second-order valence-corrected chi connectivity index (χ2v) is 4.18. The molecule has 1 heterocycles. The van der Waals surface area contributed by atoms with Gasteiger partial charge >= 0.3 is 5.97 Å². The highest BCUT2D eigenvalue weighted by atomic mass is 16.4. The van der Waals surface area contributed by atoms with E-state index in [2.05, 4.69) is 15.5 Å². The highest BCUT2D eigenvalue weighted by molar-refractivity contribution is 6.08. The average molecular weight is 259 g/mol. The normalized spacial score (nSPS) is 12.1. The SMILES string of the molecule is CC(C(=O)O)=C(C)C(=O)Nc1ccc2[nH]ncc2c1. The van der Waals surface area contributed by atoms with Crippen molar-refractivity contribution in [3.8, 4) is 0 Å². The smallest absolute Gasteiger partial charge is 0.331 e. The molecule has 0 aliphatic heterocycles. The zero-order chi connectivity index (χ0) is 14.0. The fraction of sp³-hybridized carbons (Fsp3) is 0.154. The Morgan fingerprint density at radius 2 is 2.00 bits per heavy atom. The maximum absolute atomic E-state index is 11.9. The van der Waals surface area contributed by atoms with Gasteiger partial charge in [-0.15, -0.1) is 0 Å². The molecule has 19 heavy (non-hydrogen) atoms. The van der Waals surface area contributed by atoms with Gasteiger partial charge in [0.25, 0.3) is 5.91 Å². The lowest BCUT2D eigenvalue weighted by Crippen LogP contribution is -2.16. The van der Waals surface area contributed by atoms with E-state index < -0.39 is 11.9 Å². The van der Waals surface area contributed by atoms with Crippen LogP contribution in [0, 0.1) is 0 Å². The van der Waals surface area contributed by atoms with Gasteiger partial charge in [-0.1, -0.05) is 0 Å². The van der Waals surface area contributed by atoms with Crippen LogP contribution in [0.3, 0.4) is 0 Å². The highest BCUT2D eigenvalue weighted by Gasteiger charge is 2.12. The Morgan fingerprint density at radius 3 is 2.68 bits per heavy atom. The summed E-state index contributed by atoms with van der Waals surface area (Å²) in [5.41, 5.74) is 1.67. The lowest BCUT2D eigenvalue weighted by atomic mass is 10.1. The summed E-state index contributed by atoms with van der Waals surface area (Å²) in [5.74, 6) is -1.53. The predicted molar refractivity (Wildman–Crippen MR) is 70.7 cm³/mol. The number of anilines is 1. The number of carboxylic acids is 1. The molecule has 1 aromatic heterocycles. The fourth-order valence-electron chi connectivity index (χ4n) is 1.58. The fourth-order valence-corrected chi connectivity index (χ4v) is 1.58. The lowest BCUT2D eigenvalue weighted by Gasteiger charge is -2.07. The molecule has 0 saturated carbocycles. The molecule has 98 valence electrons. The zero-order valence-corrected chi connectivity index (χ0v) is 10.5. The molecule has 0 spiro atoms. The molecule has 0 fully saturated rings. The minimum Gasteiger partial charge on any atom is -0.478 e. The van der Waals surface area contributed by atoms with Gasteiger partial charge in [0.1, 0.15) is 0 Å². The van der Waals surface area contributed by atoms with Crippen molar-refractivity contribution in [2.75, 3.05) is 5.32 Å². The van der Waals surface area contributed by atoms with Crippen LogP contribution in [0.2, 0.25) is 0 Å². The molecule has 0 atom stereocenters. The monoisotopic (exact) mass is 259 g/mol. The topological polar surface area (TPSA) is 95.1 Å². The van der Waals surface area contributed by atoms with Gasteiger partial charge in [-0.2, -0.15) is 5.10 Å². The molecule has 0 saturated heterocycles. The van der Waals surface area contributed by atoms with Crippen molar-refractivity contribution in [2.45, 2.75) is 13.8 Å². The number of aliphatic carboxylic acids is 1. The molecule has 3 N–H and O–H groups in total. The third-order valence-electron chi connectivity index (χ3n) is 2.92. The quantitative estimate of drug-likeness (QED) is 0.734. The van der Waals surface area contributed by atoms with Crippen LogP contribution >= 0.6 is 0 Å². The van der Waals surface area contributed by atoms with E-state index in [1.54, 1.807) is 24.4 Å². The molecular formula is C13H13N3O3. The standard InChI is InChI=1S/C13H13N3O3/c1-7(8(2)13(18)19)12(17)15-10-3-4-11-9(5-10)6-14-16-11/h3-6H,1-2H3,(H,14,16)(H,15,17)(H,18,19). The number of carboxylic acid groups (broad SMARTS) is 1. The van der Waals surface area contributed by atoms with Gasteiger partial charge < -0.3 is 10.4 Å². The van der Waals surface area contributed by atoms with Crippen LogP contribution < -0.4 is 5.32 Å². The van der Waals surface area contributed by atoms with Crippen LogP contribution in [0.5, 0.6) is 0 Å². The molecular weight excluding hydrogens is 246 g/mol. The van der Waals surface area contributed by atoms with Gasteiger partial charge in [0.15, 0.2) is 0 Å². The number of rotatable bonds is 3. The summed E-state index contributed by atoms with van der Waals surface area (Å²) in [5, 5.41) is 19.0. The molecule has 6 nitrogen and oxygen atoms in total. The zero-order valence-electron chi connectivity index (χ0n) is 10.5. The van der Waals surface area contributed by atoms with Crippen molar-refractivity contribution in [3.63, 3.8) is 0 Å². The van der Waals surface area contributed by atoms with E-state index in [1.165, 1.54) is 13.8 Å². The number of aromatic nitrogens is 2. The Labute approximate surface area is 109 Å². The van der Waals surface area contributed by atoms with Gasteiger partial charge in [0, 0.05) is 22.2 Å². The van der Waals surface area contributed by atoms with Gasteiger partial charge in [-0.05, 0) is 32.0 Å². The number of amides is 1. The van der Waals surface area contributed by atoms with Crippen molar-refractivity contribution < 1.29 is 14.7 Å². The third-order valence-corrected chi connectivity index (χ3v) is 2.92. The first-order valence-electron chi connectivity index (χ1n) is 5.64. The van der Waals surface area contributed by atoms with Crippen LogP contribution in [0.25, 0.3) is 10.9 Å². The molecule has 0 aliphatic carbocycles. The minimum atomic E-state index is -1.10. The summed E-state index contributed by atoms with van der Waals surface area (Å²) in [6.07, 6.45) is 1.65. The number of carbonyl (C=O) groups excluding carboxylic acids is 1. The lowest BCUT2D eigenvalue weighted by molar-refractivity contribution is -0.133. The van der Waals surface area contributed by atoms with Crippen LogP contribution in [0.4, 0.5) is 5.69 Å². The first-order chi connectivity index (χ1) is 8.99. The number of nitrogens with one attached hydrogen (secondary N) is 2. The summed E-state index contributed by atoms with van der Waals surface area (Å²) in [7, 11) is 0. The van der Waals surface area contributed by atoms with E-state index in [-0.39, 0.29) is 11.1 Å². The molecule has 1 amide bonds. The number of hydrogen-bond acceptors (Lipinski definition) is 3. The van der Waals surface area contributed by atoms with Gasteiger partial charge in [-0.3, -0.25) is 9.89 Å². The Kier molecular flexibility index (Phi) is 3.33. The minimum absolute atomic E-state index is 0.0295. The van der Waals surface area contributed by atoms with Crippen LogP contribution in [-0.4, -0.2) is 27.2 Å². The number of H-pyrrole nitrogens is 1. The molecule has 2 aromatic rings. The summed E-state index contributed by atoms with van der Waals surface area (Å²) in [6.45, 7) is 2.88. The summed E-state index contributed by atoms with van der Waals surface area (Å²) >= 11 is 0. The first kappa shape index (κ1) is 12.8. The molecule has 0 unspecified atom stereocenters. The number of carbonyl (C=O) groups is 2. The maximum Gasteiger partial charge on any atom is 0.331 e. The maximum atomic E-state index is 11.9. The Hall–Kier alpha value is -2.63. The van der Waals surface area contributed by atoms with Crippen molar-refractivity contribution in [1.82, 2.24) is 10.2 Å². The number of nitrogens with zero attached hydrogens (tertiary/aromatic N) is 1. The second-order valence-electron chi connectivity index (χ2n) is 4.18. The molecule has 6 heteroatoms. The number of fused-ring (bicyclic) bond motifs is 1. The van der Waals surface area contributed by atoms with Crippen LogP contribution in [0.1, 0.15) is 13.8 Å². The van der Waals surface area contributed by atoms with E-state index in [0.29, 0.717) is 5.69 Å². The Bertz CT molecular complexity index is 685. The highest BCUT2D eigenvalue weighted by Crippen LogP contribution is 2.17. The Balaban J connectivity index is 2.23. The summed E-state index contributed by atoms with van der Waals surface area (Å²) in [6, 6.07) is 5.28. The number of aromatic amines is 1. The van der Waals surface area contributed by atoms with E-state index in [4.69, 9.17) is 5.11 Å². The van der Waals surface area contributed by atoms with Crippen molar-refractivity contribution in [3.05, 3.63) is 35.5 Å². The van der Waals surface area contributed by atoms with Crippen LogP contribution in [-0.2, 0) is 9.59 Å². The second kappa shape index (κ2) is 4.93. The predicted octanol–water partition coefficient (Wildman–Crippen LogP) is 1.92. The van der Waals surface area contributed by atoms with Crippen molar-refractivity contribution >= 4 is 28.5 Å². The molecule has 0 aliphatic rings. The van der Waals surface area contributed by atoms with E-state index in [0.717, 1.165) is 10.9 Å². The number of benzene rings is 1. The molecule has 0 radical (unpaired) electrons. The molecule has 1 aromatic carbocycles. The van der Waals surface area contributed by atoms with Crippen molar-refractivity contribution in [2.24, 2.45) is 0 Å². The Morgan fingerprint density at radius 1 is 1.26 bits per heavy atom. The van der Waals surface area contributed by atoms with Crippen molar-refractivity contribution in [1.29, 1.82) is 0 Å². The largest absolute Gasteiger partial charge is 0.478 e. The molecule has 0 bridgehead atoms. The van der Waals surface area contributed by atoms with E-state index in [1.807, 2.05) is 0 Å². The molecule has 2 rings (SSSR count). The van der Waals surface area contributed by atoms with Crippen LogP contribution in [0.15, 0.2) is 35.5 Å². The average Bonchev–Trinajstić information content (AvgIpc) is 2.84. The van der Waals surface area contributed by atoms with Gasteiger partial charge in [-0.25, -0.2) is 4.79 Å². The summed E-state index contributed by atoms with van der Waals surface area (Å²) < 4.78 is 0. The van der Waals surface area contributed by atoms with E-state index in [9.17, 15) is 9.59 Å². The van der Waals surface area contributed by atoms with Gasteiger partial charge in [0.2, 0.25) is 0 Å². The van der Waals surface area contributed by atoms with Gasteiger partial charge in [0.05, 0.1) is 11.7 Å².